The van der Waals surface area contributed by atoms with Gasteiger partial charge < -0.3 is 14.8 Å². The van der Waals surface area contributed by atoms with Crippen LogP contribution < -0.4 is 10.1 Å². The molecule has 0 radical (unpaired) electrons. The van der Waals surface area contributed by atoms with Gasteiger partial charge in [0, 0.05) is 0 Å². The van der Waals surface area contributed by atoms with Crippen molar-refractivity contribution in [1.82, 2.24) is 0 Å². The zero-order valence-corrected chi connectivity index (χ0v) is 14.1. The number of rotatable bonds is 6. The molecule has 0 bridgehead atoms. The Labute approximate surface area is 143 Å². The maximum absolute atomic E-state index is 11.7. The number of carbonyl (C=O) groups excluding carboxylic acids is 2. The van der Waals surface area contributed by atoms with Crippen molar-refractivity contribution in [3.05, 3.63) is 46.3 Å². The smallest absolute Gasteiger partial charge is 0.344 e. The number of thiophene rings is 1. The van der Waals surface area contributed by atoms with Gasteiger partial charge in [-0.1, -0.05) is 6.07 Å². The topological polar surface area (TPSA) is 88.4 Å². The molecular formula is C17H16N2O4S. The van der Waals surface area contributed by atoms with E-state index >= 15 is 0 Å². The predicted molar refractivity (Wildman–Crippen MR) is 90.0 cm³/mol. The van der Waals surface area contributed by atoms with E-state index in [4.69, 9.17) is 14.7 Å². The van der Waals surface area contributed by atoms with Gasteiger partial charge in [-0.25, -0.2) is 4.79 Å². The van der Waals surface area contributed by atoms with Crippen LogP contribution in [0.3, 0.4) is 0 Å². The van der Waals surface area contributed by atoms with Crippen molar-refractivity contribution in [1.29, 1.82) is 5.26 Å². The van der Waals surface area contributed by atoms with E-state index in [0.29, 0.717) is 16.3 Å². The normalized spacial score (nSPS) is 9.88. The minimum atomic E-state index is -0.643. The second-order valence-electron chi connectivity index (χ2n) is 5.10. The number of nitrogens with one attached hydrogen (secondary N) is 1. The molecule has 1 aromatic heterocycles. The van der Waals surface area contributed by atoms with Crippen molar-refractivity contribution < 1.29 is 19.1 Å². The molecule has 1 aromatic carbocycles. The van der Waals surface area contributed by atoms with Gasteiger partial charge in [0.2, 0.25) is 0 Å². The molecule has 2 aromatic rings. The monoisotopic (exact) mass is 344 g/mol. The third-order valence-corrected chi connectivity index (χ3v) is 3.78. The van der Waals surface area contributed by atoms with Crippen molar-refractivity contribution in [2.75, 3.05) is 18.5 Å². The molecular weight excluding hydrogens is 328 g/mol. The number of nitriles is 1. The Morgan fingerprint density at radius 1 is 1.21 bits per heavy atom. The molecule has 0 spiro atoms. The van der Waals surface area contributed by atoms with Crippen molar-refractivity contribution >= 4 is 28.2 Å². The van der Waals surface area contributed by atoms with Gasteiger partial charge in [0.25, 0.3) is 5.91 Å². The van der Waals surface area contributed by atoms with Crippen molar-refractivity contribution in [2.24, 2.45) is 0 Å². The minimum absolute atomic E-state index is 0.279. The summed E-state index contributed by atoms with van der Waals surface area (Å²) in [4.78, 5) is 23.4. The fourth-order valence-corrected chi connectivity index (χ4v) is 2.76. The van der Waals surface area contributed by atoms with Crippen molar-refractivity contribution in [2.45, 2.75) is 13.8 Å². The zero-order chi connectivity index (χ0) is 17.5. The second kappa shape index (κ2) is 8.13. The van der Waals surface area contributed by atoms with Crippen LogP contribution in [0.25, 0.3) is 0 Å². The van der Waals surface area contributed by atoms with Crippen LogP contribution in [0.15, 0.2) is 29.6 Å². The number of hydrogen-bond acceptors (Lipinski definition) is 6. The summed E-state index contributed by atoms with van der Waals surface area (Å²) in [5.74, 6) is -0.573. The van der Waals surface area contributed by atoms with Crippen LogP contribution in [0.5, 0.6) is 5.75 Å². The molecule has 0 atom stereocenters. The highest BCUT2D eigenvalue weighted by Crippen LogP contribution is 2.21. The molecule has 0 saturated carbocycles. The first-order valence-corrected chi connectivity index (χ1v) is 8.00. The quantitative estimate of drug-likeness (QED) is 0.814. The number of carbonyl (C=O) groups is 2. The molecule has 1 heterocycles. The Bertz CT molecular complexity index is 772. The Hall–Kier alpha value is -2.85. The number of nitrogens with zero attached hydrogens (tertiary/aromatic N) is 1. The summed E-state index contributed by atoms with van der Waals surface area (Å²) in [6, 6.07) is 9.18. The number of benzene rings is 1. The van der Waals surface area contributed by atoms with Gasteiger partial charge in [0.05, 0.1) is 5.56 Å². The zero-order valence-electron chi connectivity index (χ0n) is 13.3. The number of anilines is 1. The first-order chi connectivity index (χ1) is 11.5. The molecule has 124 valence electrons. The van der Waals surface area contributed by atoms with E-state index in [1.165, 1.54) is 11.3 Å². The highest BCUT2D eigenvalue weighted by Gasteiger charge is 2.11. The van der Waals surface area contributed by atoms with E-state index in [-0.39, 0.29) is 6.61 Å². The van der Waals surface area contributed by atoms with Gasteiger partial charge in [-0.05, 0) is 48.6 Å². The first kappa shape index (κ1) is 17.5. The molecule has 7 heteroatoms. The Kier molecular flexibility index (Phi) is 5.93. The van der Waals surface area contributed by atoms with Gasteiger partial charge in [-0.3, -0.25) is 4.79 Å². The van der Waals surface area contributed by atoms with E-state index in [9.17, 15) is 9.59 Å². The average Bonchev–Trinajstić information content (AvgIpc) is 2.97. The molecule has 1 N–H and O–H groups in total. The number of hydrogen-bond donors (Lipinski definition) is 1. The lowest BCUT2D eigenvalue weighted by Gasteiger charge is -2.08. The molecule has 0 saturated heterocycles. The molecule has 2 rings (SSSR count). The van der Waals surface area contributed by atoms with Gasteiger partial charge in [-0.15, -0.1) is 11.3 Å². The van der Waals surface area contributed by atoms with Crippen LogP contribution in [-0.4, -0.2) is 25.1 Å². The molecule has 0 aliphatic heterocycles. The largest absolute Gasteiger partial charge is 0.482 e. The minimum Gasteiger partial charge on any atom is -0.482 e. The van der Waals surface area contributed by atoms with E-state index in [0.717, 1.165) is 11.1 Å². The van der Waals surface area contributed by atoms with Crippen LogP contribution in [0, 0.1) is 25.2 Å². The fourth-order valence-electron chi connectivity index (χ4n) is 2.00. The molecule has 6 nitrogen and oxygen atoms in total. The average molecular weight is 344 g/mol. The highest BCUT2D eigenvalue weighted by atomic mass is 32.1. The molecule has 0 fully saturated rings. The van der Waals surface area contributed by atoms with E-state index in [1.54, 1.807) is 11.4 Å². The summed E-state index contributed by atoms with van der Waals surface area (Å²) in [6.45, 7) is 3.15. The summed E-state index contributed by atoms with van der Waals surface area (Å²) >= 11 is 1.23. The summed E-state index contributed by atoms with van der Waals surface area (Å²) in [5, 5.41) is 13.5. The lowest BCUT2D eigenvalue weighted by molar-refractivity contribution is -0.149. The number of esters is 1. The highest BCUT2D eigenvalue weighted by molar-refractivity contribution is 7.14. The molecule has 1 amide bonds. The molecule has 0 aliphatic carbocycles. The Morgan fingerprint density at radius 2 is 1.92 bits per heavy atom. The second-order valence-corrected chi connectivity index (χ2v) is 6.01. The van der Waals surface area contributed by atoms with Crippen LogP contribution in [0.2, 0.25) is 0 Å². The predicted octanol–water partition coefficient (Wildman–Crippen LogP) is 2.80. The lowest BCUT2D eigenvalue weighted by atomic mass is 10.1. The van der Waals surface area contributed by atoms with Gasteiger partial charge in [-0.2, -0.15) is 5.26 Å². The lowest BCUT2D eigenvalue weighted by Crippen LogP contribution is -2.23. The maximum Gasteiger partial charge on any atom is 0.344 e. The van der Waals surface area contributed by atoms with E-state index in [1.807, 2.05) is 38.1 Å². The first-order valence-electron chi connectivity index (χ1n) is 7.12. The number of aryl methyl sites for hydroxylation is 2. The molecule has 0 unspecified atom stereocenters. The van der Waals surface area contributed by atoms with Gasteiger partial charge >= 0.3 is 5.97 Å². The fraction of sp³-hybridized carbons (Fsp3) is 0.235. The van der Waals surface area contributed by atoms with E-state index in [2.05, 4.69) is 5.32 Å². The SMILES string of the molecule is Cc1cc(C)cc(OCC(=O)OCC(=O)Nc2sccc2C#N)c1. The van der Waals surface area contributed by atoms with Crippen LogP contribution in [0.4, 0.5) is 5.00 Å². The number of amides is 1. The summed E-state index contributed by atoms with van der Waals surface area (Å²) in [5.41, 5.74) is 2.43. The Morgan fingerprint density at radius 3 is 2.58 bits per heavy atom. The van der Waals surface area contributed by atoms with Gasteiger partial charge in [0.1, 0.15) is 16.8 Å². The van der Waals surface area contributed by atoms with Crippen LogP contribution >= 0.6 is 11.3 Å². The van der Waals surface area contributed by atoms with Crippen LogP contribution in [0.1, 0.15) is 16.7 Å². The number of ether oxygens (including phenoxy) is 2. The maximum atomic E-state index is 11.7. The summed E-state index contributed by atoms with van der Waals surface area (Å²) in [6.07, 6.45) is 0. The third-order valence-electron chi connectivity index (χ3n) is 2.95. The standard InChI is InChI=1S/C17H16N2O4S/c1-11-5-12(2)7-14(6-11)22-10-16(21)23-9-15(20)19-17-13(8-18)3-4-24-17/h3-7H,9-10H2,1-2H3,(H,19,20). The van der Waals surface area contributed by atoms with Crippen molar-refractivity contribution in [3.8, 4) is 11.8 Å². The van der Waals surface area contributed by atoms with Gasteiger partial charge in [0.15, 0.2) is 13.2 Å². The van der Waals surface area contributed by atoms with Crippen molar-refractivity contribution in [3.63, 3.8) is 0 Å². The van der Waals surface area contributed by atoms with Crippen LogP contribution in [-0.2, 0) is 14.3 Å². The summed E-state index contributed by atoms with van der Waals surface area (Å²) in [7, 11) is 0. The molecule has 24 heavy (non-hydrogen) atoms. The molecule has 0 aliphatic rings. The van der Waals surface area contributed by atoms with E-state index < -0.39 is 18.5 Å². The summed E-state index contributed by atoms with van der Waals surface area (Å²) < 4.78 is 10.2. The third kappa shape index (κ3) is 5.11. The Balaban J connectivity index is 1.76.